The number of benzene rings is 9. The predicted octanol–water partition coefficient (Wildman–Crippen LogP) is 25.0. The summed E-state index contributed by atoms with van der Waals surface area (Å²) in [7, 11) is 0. The maximum Gasteiger partial charge on any atom is -0.0132 e. The summed E-state index contributed by atoms with van der Waals surface area (Å²) in [6, 6.07) is 76.6. The Bertz CT molecular complexity index is 3210. The highest BCUT2D eigenvalue weighted by Crippen LogP contribution is 2.25. The van der Waals surface area contributed by atoms with Crippen LogP contribution in [0.3, 0.4) is 0 Å². The van der Waals surface area contributed by atoms with Gasteiger partial charge in [0.2, 0.25) is 0 Å². The molecule has 0 spiro atoms. The molecule has 0 atom stereocenters. The summed E-state index contributed by atoms with van der Waals surface area (Å²) < 4.78 is 0. The third-order valence-corrected chi connectivity index (χ3v) is 14.7. The molecule has 0 saturated carbocycles. The van der Waals surface area contributed by atoms with Crippen molar-refractivity contribution in [2.24, 2.45) is 35.5 Å². The minimum absolute atomic E-state index is 0. The second-order valence-corrected chi connectivity index (χ2v) is 27.2. The fourth-order valence-corrected chi connectivity index (χ4v) is 10.2. The molecule has 0 nitrogen and oxygen atoms in total. The molecule has 0 aliphatic heterocycles. The second-order valence-electron chi connectivity index (χ2n) is 27.2. The van der Waals surface area contributed by atoms with E-state index in [4.69, 9.17) is 0 Å². The van der Waals surface area contributed by atoms with E-state index in [0.29, 0.717) is 5.92 Å². The average Bonchev–Trinajstić information content (AvgIpc) is 3.59. The zero-order valence-corrected chi connectivity index (χ0v) is 55.9. The Hall–Kier alpha value is -6.76. The van der Waals surface area contributed by atoms with Crippen molar-refractivity contribution in [1.29, 1.82) is 0 Å². The number of hydrogen-bond donors (Lipinski definition) is 0. The summed E-state index contributed by atoms with van der Waals surface area (Å²) in [5.74, 6) is 4.43. The van der Waals surface area contributed by atoms with Crippen LogP contribution in [-0.4, -0.2) is 0 Å². The van der Waals surface area contributed by atoms with Crippen LogP contribution in [0.4, 0.5) is 0 Å². The van der Waals surface area contributed by atoms with Gasteiger partial charge in [0.1, 0.15) is 0 Å². The maximum absolute atomic E-state index is 2.30. The lowest BCUT2D eigenvalue weighted by molar-refractivity contribution is 0.589. The van der Waals surface area contributed by atoms with Crippen LogP contribution in [0.5, 0.6) is 0 Å². The van der Waals surface area contributed by atoms with E-state index in [0.717, 1.165) is 42.4 Å². The highest BCUT2D eigenvalue weighted by molar-refractivity contribution is 5.83. The van der Waals surface area contributed by atoms with E-state index in [1.165, 1.54) is 120 Å². The summed E-state index contributed by atoms with van der Waals surface area (Å²) in [4.78, 5) is 0. The van der Waals surface area contributed by atoms with Crippen LogP contribution in [0.25, 0.3) is 33.0 Å². The lowest BCUT2D eigenvalue weighted by Crippen LogP contribution is -2.10. The highest BCUT2D eigenvalue weighted by atomic mass is 14.2. The molecule has 9 rings (SSSR count). The first kappa shape index (κ1) is 72.5. The molecule has 0 radical (unpaired) electrons. The fraction of sp³-hybridized carbons (Fsp3) is 0.388. The number of fused-ring (bicyclic) bond motifs is 1. The molecule has 0 aliphatic rings. The van der Waals surface area contributed by atoms with Gasteiger partial charge in [-0.3, -0.25) is 0 Å². The molecule has 0 heterocycles. The number of rotatable bonds is 14. The minimum atomic E-state index is 0. The molecular formula is C85H114. The smallest absolute Gasteiger partial charge is 0.0132 e. The Balaban J connectivity index is 0.000000268. The third-order valence-electron chi connectivity index (χ3n) is 14.7. The normalized spacial score (nSPS) is 10.9. The number of hydrogen-bond acceptors (Lipinski definition) is 0. The van der Waals surface area contributed by atoms with Gasteiger partial charge in [-0.2, -0.15) is 0 Å². The molecule has 85 heavy (non-hydrogen) atoms. The Morgan fingerprint density at radius 1 is 0.271 bits per heavy atom. The monoisotopic (exact) mass is 1130 g/mol. The lowest BCUT2D eigenvalue weighted by Gasteiger charge is -2.19. The molecule has 9 aromatic carbocycles. The van der Waals surface area contributed by atoms with E-state index in [-0.39, 0.29) is 12.8 Å². The van der Waals surface area contributed by atoms with Crippen LogP contribution in [-0.2, 0) is 43.9 Å². The van der Waals surface area contributed by atoms with Crippen molar-refractivity contribution in [3.63, 3.8) is 0 Å². The molecule has 0 bridgehead atoms. The number of aryl methyl sites for hydroxylation is 4. The van der Waals surface area contributed by atoms with Crippen molar-refractivity contribution in [2.75, 3.05) is 0 Å². The van der Waals surface area contributed by atoms with Gasteiger partial charge in [0.25, 0.3) is 0 Å². The SMILES string of the molecule is C.CC(C)Cc1ccc(-c2ccccc2)cc1.CC(C)Cc1ccc(C(C)(C)C)cc1.CC(C)Cc1ccc2ccccc2c1.CC(C)Cc1cccc(-c2ccccc2)c1.Cc1ccc(C)c(CC(C)C)c1.Cc1ccc(CC(C)C)cc1C. The van der Waals surface area contributed by atoms with Crippen LogP contribution < -0.4 is 0 Å². The molecule has 0 saturated heterocycles. The molecule has 0 aromatic heterocycles. The van der Waals surface area contributed by atoms with Crippen molar-refractivity contribution in [2.45, 2.75) is 183 Å². The van der Waals surface area contributed by atoms with Crippen molar-refractivity contribution >= 4 is 10.8 Å². The average molecular weight is 1140 g/mol. The summed E-state index contributed by atoms with van der Waals surface area (Å²) in [6.07, 6.45) is 7.07. The van der Waals surface area contributed by atoms with Crippen molar-refractivity contribution < 1.29 is 0 Å². The molecule has 0 N–H and O–H groups in total. The second kappa shape index (κ2) is 37.6. The van der Waals surface area contributed by atoms with Crippen molar-refractivity contribution in [1.82, 2.24) is 0 Å². The summed E-state index contributed by atoms with van der Waals surface area (Å²) >= 11 is 0. The summed E-state index contributed by atoms with van der Waals surface area (Å²) in [5, 5.41) is 2.69. The van der Waals surface area contributed by atoms with Gasteiger partial charge in [-0.15, -0.1) is 0 Å². The summed E-state index contributed by atoms with van der Waals surface area (Å²) in [5.41, 5.74) is 21.2. The van der Waals surface area contributed by atoms with E-state index in [9.17, 15) is 0 Å². The Morgan fingerprint density at radius 2 is 0.647 bits per heavy atom. The van der Waals surface area contributed by atoms with Gasteiger partial charge in [0, 0.05) is 0 Å². The van der Waals surface area contributed by atoms with E-state index in [2.05, 4.69) is 344 Å². The molecule has 454 valence electrons. The predicted molar refractivity (Wildman–Crippen MR) is 383 cm³/mol. The largest absolute Gasteiger partial charge is 0.0776 e. The molecule has 0 heteroatoms. The third kappa shape index (κ3) is 28.8. The fourth-order valence-electron chi connectivity index (χ4n) is 10.2. The van der Waals surface area contributed by atoms with E-state index in [1.807, 2.05) is 0 Å². The lowest BCUT2D eigenvalue weighted by atomic mass is 9.86. The van der Waals surface area contributed by atoms with Gasteiger partial charge < -0.3 is 0 Å². The van der Waals surface area contributed by atoms with Crippen molar-refractivity contribution in [3.8, 4) is 22.3 Å². The van der Waals surface area contributed by atoms with E-state index < -0.39 is 0 Å². The first-order chi connectivity index (χ1) is 39.8. The van der Waals surface area contributed by atoms with E-state index in [1.54, 1.807) is 0 Å². The van der Waals surface area contributed by atoms with Crippen LogP contribution in [0, 0.1) is 63.2 Å². The molecule has 9 aromatic rings. The maximum atomic E-state index is 2.30. The van der Waals surface area contributed by atoms with Gasteiger partial charge in [0.15, 0.2) is 0 Å². The van der Waals surface area contributed by atoms with Crippen molar-refractivity contribution in [3.05, 3.63) is 274 Å². The molecule has 0 amide bonds. The Kier molecular flexibility index (Phi) is 32.1. The van der Waals surface area contributed by atoms with Gasteiger partial charge in [0.05, 0.1) is 0 Å². The first-order valence-corrected chi connectivity index (χ1v) is 31.8. The van der Waals surface area contributed by atoms with Crippen LogP contribution in [0.1, 0.15) is 172 Å². The molecular weight excluding hydrogens is 1020 g/mol. The Morgan fingerprint density at radius 3 is 1.13 bits per heavy atom. The molecule has 0 fully saturated rings. The molecule has 0 unspecified atom stereocenters. The van der Waals surface area contributed by atoms with E-state index >= 15 is 0 Å². The molecule has 0 aliphatic carbocycles. The van der Waals surface area contributed by atoms with Gasteiger partial charge in [-0.1, -0.05) is 329 Å². The van der Waals surface area contributed by atoms with Crippen LogP contribution in [0.2, 0.25) is 0 Å². The summed E-state index contributed by atoms with van der Waals surface area (Å²) in [6.45, 7) is 42.6. The standard InChI is InChI=1S/2C16H18.C14H16.C14H22.2C12H18.CH4/c1-13(2)11-14-7-6-10-16(12-14)15-8-4-3-5-9-15;1-13(2)12-14-8-10-16(11-9-14)15-6-4-3-5-7-15;1-11(2)9-12-7-8-13-5-3-4-6-14(13)10-12;1-11(2)10-12-6-8-13(9-7-12)14(3,4)5;1-9(2)7-12-6-5-10(3)11(4)8-12;1-9(2)7-12-8-10(3)5-6-11(12)4;/h3-10,12-13H,11H2,1-2H3;3-11,13H,12H2,1-2H3;3-8,10-11H,9H2,1-2H3;6-9,11H,10H2,1-5H3;2*5-6,8-9H,7H2,1-4H3;1H4. The highest BCUT2D eigenvalue weighted by Gasteiger charge is 2.13. The zero-order chi connectivity index (χ0) is 61.8. The van der Waals surface area contributed by atoms with Gasteiger partial charge in [-0.05, 0) is 196 Å². The van der Waals surface area contributed by atoms with Crippen LogP contribution in [0.15, 0.2) is 212 Å². The topological polar surface area (TPSA) is 0 Å². The quantitative estimate of drug-likeness (QED) is 0.102. The van der Waals surface area contributed by atoms with Gasteiger partial charge >= 0.3 is 0 Å². The Labute approximate surface area is 522 Å². The van der Waals surface area contributed by atoms with Crippen LogP contribution >= 0.6 is 0 Å². The van der Waals surface area contributed by atoms with Gasteiger partial charge in [-0.25, -0.2) is 0 Å². The minimum Gasteiger partial charge on any atom is -0.0776 e. The first-order valence-electron chi connectivity index (χ1n) is 31.8. The zero-order valence-electron chi connectivity index (χ0n) is 55.9.